The molecule has 11 heteroatoms. The zero-order valence-corrected chi connectivity index (χ0v) is 26.8. The van der Waals surface area contributed by atoms with Gasteiger partial charge in [0.25, 0.3) is 0 Å². The largest absolute Gasteiger partial charge is 0.444 e. The van der Waals surface area contributed by atoms with E-state index in [4.69, 9.17) is 32.9 Å². The van der Waals surface area contributed by atoms with Crippen LogP contribution >= 0.6 is 23.2 Å². The van der Waals surface area contributed by atoms with Crippen molar-refractivity contribution < 1.29 is 19.4 Å². The van der Waals surface area contributed by atoms with Crippen molar-refractivity contribution in [2.45, 2.75) is 38.4 Å². The minimum Gasteiger partial charge on any atom is -0.444 e. The smallest absolute Gasteiger partial charge is 0.407 e. The number of pyridine rings is 1. The van der Waals surface area contributed by atoms with Gasteiger partial charge in [-0.2, -0.15) is 0 Å². The Morgan fingerprint density at radius 3 is 2.36 bits per heavy atom. The normalized spacial score (nSPS) is 12.9. The van der Waals surface area contributed by atoms with E-state index in [0.717, 1.165) is 16.5 Å². The lowest BCUT2D eigenvalue weighted by atomic mass is 9.82. The van der Waals surface area contributed by atoms with Crippen molar-refractivity contribution in [2.75, 3.05) is 11.9 Å². The number of ether oxygens (including phenoxy) is 1. The molecule has 2 heterocycles. The number of hydrogen-bond donors (Lipinski definition) is 3. The molecule has 0 radical (unpaired) electrons. The first-order chi connectivity index (χ1) is 21.3. The van der Waals surface area contributed by atoms with Crippen LogP contribution in [0.2, 0.25) is 10.0 Å². The SMILES string of the molecule is Cn1cncc1C(O)(c1ccc(Cl)cc1)c1ccc2nc(NC(=O)CCNC(=O)OC(C)(C)C)cc(-c3cccc(Cl)c3)c2c1. The van der Waals surface area contributed by atoms with Crippen LogP contribution in [-0.4, -0.2) is 43.8 Å². The molecule has 1 atom stereocenters. The first-order valence-corrected chi connectivity index (χ1v) is 15.0. The molecule has 0 spiro atoms. The Morgan fingerprint density at radius 1 is 0.956 bits per heavy atom. The summed E-state index contributed by atoms with van der Waals surface area (Å²) in [5.41, 5.74) is 1.66. The third kappa shape index (κ3) is 7.28. The number of benzene rings is 3. The Balaban J connectivity index is 1.54. The number of nitrogens with one attached hydrogen (secondary N) is 2. The highest BCUT2D eigenvalue weighted by Gasteiger charge is 2.37. The van der Waals surface area contributed by atoms with Crippen molar-refractivity contribution in [3.63, 3.8) is 0 Å². The zero-order valence-electron chi connectivity index (χ0n) is 25.3. The zero-order chi connectivity index (χ0) is 32.4. The number of amides is 2. The Labute approximate surface area is 271 Å². The highest BCUT2D eigenvalue weighted by Crippen LogP contribution is 2.40. The summed E-state index contributed by atoms with van der Waals surface area (Å²) >= 11 is 12.6. The highest BCUT2D eigenvalue weighted by molar-refractivity contribution is 6.31. The van der Waals surface area contributed by atoms with Crippen molar-refractivity contribution in [2.24, 2.45) is 7.05 Å². The lowest BCUT2D eigenvalue weighted by Crippen LogP contribution is -2.34. The standard InChI is InChI=1S/C34H33Cl2N5O4/c1-33(2,3)45-32(43)38-15-14-31(42)40-30-18-26(21-6-5-7-25(36)16-21)27-17-23(10-13-28(27)39-30)34(44,29-19-37-20-41(29)4)22-8-11-24(35)12-9-22/h5-13,16-20,44H,14-15H2,1-4H3,(H,38,43)(H,39,40,42). The third-order valence-electron chi connectivity index (χ3n) is 7.10. The van der Waals surface area contributed by atoms with E-state index >= 15 is 0 Å². The fourth-order valence-electron chi connectivity index (χ4n) is 5.07. The van der Waals surface area contributed by atoms with Crippen LogP contribution in [0.1, 0.15) is 44.0 Å². The Morgan fingerprint density at radius 2 is 1.69 bits per heavy atom. The molecule has 0 fully saturated rings. The van der Waals surface area contributed by atoms with E-state index in [1.807, 2.05) is 31.3 Å². The average molecular weight is 647 g/mol. The molecular formula is C34H33Cl2N5O4. The van der Waals surface area contributed by atoms with Crippen LogP contribution in [0, 0.1) is 0 Å². The topological polar surface area (TPSA) is 118 Å². The molecule has 0 saturated carbocycles. The van der Waals surface area contributed by atoms with E-state index in [1.54, 1.807) is 86.4 Å². The third-order valence-corrected chi connectivity index (χ3v) is 7.59. The van der Waals surface area contributed by atoms with Gasteiger partial charge in [0.1, 0.15) is 11.4 Å². The maximum absolute atomic E-state index is 12.8. The number of carbonyl (C=O) groups is 2. The van der Waals surface area contributed by atoms with Crippen molar-refractivity contribution in [3.8, 4) is 11.1 Å². The van der Waals surface area contributed by atoms with Gasteiger partial charge in [-0.3, -0.25) is 4.79 Å². The second-order valence-corrected chi connectivity index (χ2v) is 12.5. The van der Waals surface area contributed by atoms with Crippen LogP contribution in [0.4, 0.5) is 10.6 Å². The quantitative estimate of drug-likeness (QED) is 0.166. The number of aryl methyl sites for hydroxylation is 1. The number of halogens is 2. The van der Waals surface area contributed by atoms with Crippen LogP contribution in [-0.2, 0) is 22.2 Å². The van der Waals surface area contributed by atoms with Gasteiger partial charge >= 0.3 is 6.09 Å². The molecule has 2 aromatic heterocycles. The molecule has 5 aromatic rings. The number of imidazole rings is 1. The van der Waals surface area contributed by atoms with Crippen LogP contribution in [0.15, 0.2) is 85.3 Å². The van der Waals surface area contributed by atoms with E-state index < -0.39 is 17.3 Å². The minimum absolute atomic E-state index is 0.0171. The van der Waals surface area contributed by atoms with Crippen LogP contribution in [0.3, 0.4) is 0 Å². The minimum atomic E-state index is -1.58. The van der Waals surface area contributed by atoms with E-state index in [0.29, 0.717) is 38.2 Å². The molecule has 2 amide bonds. The Kier molecular flexibility index (Phi) is 9.16. The van der Waals surface area contributed by atoms with Gasteiger partial charge in [-0.1, -0.05) is 53.5 Å². The molecule has 0 bridgehead atoms. The van der Waals surface area contributed by atoms with E-state index in [-0.39, 0.29) is 18.9 Å². The molecule has 9 nitrogen and oxygen atoms in total. The molecule has 0 aliphatic rings. The van der Waals surface area contributed by atoms with Crippen molar-refractivity contribution in [3.05, 3.63) is 112 Å². The summed E-state index contributed by atoms with van der Waals surface area (Å²) in [7, 11) is 1.82. The average Bonchev–Trinajstić information content (AvgIpc) is 3.41. The highest BCUT2D eigenvalue weighted by atomic mass is 35.5. The fourth-order valence-corrected chi connectivity index (χ4v) is 5.38. The molecule has 0 aliphatic heterocycles. The number of aromatic nitrogens is 3. The molecule has 232 valence electrons. The summed E-state index contributed by atoms with van der Waals surface area (Å²) in [5, 5.41) is 19.7. The predicted molar refractivity (Wildman–Crippen MR) is 176 cm³/mol. The molecule has 1 unspecified atom stereocenters. The number of carbonyl (C=O) groups excluding carboxylic acids is 2. The molecule has 3 N–H and O–H groups in total. The van der Waals surface area contributed by atoms with Gasteiger partial charge in [0.05, 0.1) is 23.7 Å². The van der Waals surface area contributed by atoms with Gasteiger partial charge in [-0.05, 0) is 85.5 Å². The molecule has 0 saturated heterocycles. The molecule has 45 heavy (non-hydrogen) atoms. The number of nitrogens with zero attached hydrogens (tertiary/aromatic N) is 3. The summed E-state index contributed by atoms with van der Waals surface area (Å²) < 4.78 is 6.99. The Hall–Kier alpha value is -4.44. The van der Waals surface area contributed by atoms with Crippen molar-refractivity contribution in [1.29, 1.82) is 0 Å². The van der Waals surface area contributed by atoms with Gasteiger partial charge in [0, 0.05) is 35.4 Å². The van der Waals surface area contributed by atoms with Crippen LogP contribution < -0.4 is 10.6 Å². The Bertz CT molecular complexity index is 1870. The fraction of sp³-hybridized carbons (Fsp3) is 0.235. The van der Waals surface area contributed by atoms with Gasteiger partial charge < -0.3 is 25.0 Å². The molecule has 3 aromatic carbocycles. The number of rotatable bonds is 8. The number of anilines is 1. The summed E-state index contributed by atoms with van der Waals surface area (Å²) in [4.78, 5) is 33.8. The molecular weight excluding hydrogens is 613 g/mol. The van der Waals surface area contributed by atoms with Gasteiger partial charge in [0.2, 0.25) is 5.91 Å². The maximum atomic E-state index is 12.8. The van der Waals surface area contributed by atoms with E-state index in [1.165, 1.54) is 0 Å². The lowest BCUT2D eigenvalue weighted by Gasteiger charge is -2.30. The molecule has 0 aliphatic carbocycles. The second kappa shape index (κ2) is 12.9. The van der Waals surface area contributed by atoms with Gasteiger partial charge in [0.15, 0.2) is 5.60 Å². The van der Waals surface area contributed by atoms with Crippen molar-refractivity contribution >= 4 is 51.9 Å². The van der Waals surface area contributed by atoms with Crippen LogP contribution in [0.5, 0.6) is 0 Å². The first kappa shape index (κ1) is 32.0. The molecule has 5 rings (SSSR count). The van der Waals surface area contributed by atoms with Gasteiger partial charge in [-0.25, -0.2) is 14.8 Å². The van der Waals surface area contributed by atoms with Crippen molar-refractivity contribution in [1.82, 2.24) is 19.9 Å². The summed E-state index contributed by atoms with van der Waals surface area (Å²) in [6.07, 6.45) is 2.69. The number of aliphatic hydroxyl groups is 1. The summed E-state index contributed by atoms with van der Waals surface area (Å²) in [6, 6.07) is 21.6. The monoisotopic (exact) mass is 645 g/mol. The summed E-state index contributed by atoms with van der Waals surface area (Å²) in [5.74, 6) is -0.00742. The number of hydrogen-bond acceptors (Lipinski definition) is 6. The van der Waals surface area contributed by atoms with Gasteiger partial charge in [-0.15, -0.1) is 0 Å². The second-order valence-electron chi connectivity index (χ2n) is 11.6. The van der Waals surface area contributed by atoms with E-state index in [9.17, 15) is 14.7 Å². The number of alkyl carbamates (subject to hydrolysis) is 1. The van der Waals surface area contributed by atoms with E-state index in [2.05, 4.69) is 15.6 Å². The number of fused-ring (bicyclic) bond motifs is 1. The first-order valence-electron chi connectivity index (χ1n) is 14.3. The maximum Gasteiger partial charge on any atom is 0.407 e. The lowest BCUT2D eigenvalue weighted by molar-refractivity contribution is -0.116. The summed E-state index contributed by atoms with van der Waals surface area (Å²) in [6.45, 7) is 5.39. The predicted octanol–water partition coefficient (Wildman–Crippen LogP) is 7.08. The van der Waals surface area contributed by atoms with Crippen LogP contribution in [0.25, 0.3) is 22.0 Å².